The Hall–Kier alpha value is -2.00. The zero-order chi connectivity index (χ0) is 13.9. The lowest BCUT2D eigenvalue weighted by Crippen LogP contribution is -2.20. The molecule has 1 fully saturated rings. The van der Waals surface area contributed by atoms with Gasteiger partial charge in [-0.05, 0) is 18.9 Å². The Kier molecular flexibility index (Phi) is 3.76. The van der Waals surface area contributed by atoms with Gasteiger partial charge in [-0.2, -0.15) is 4.99 Å². The van der Waals surface area contributed by atoms with Crippen LogP contribution in [0.3, 0.4) is 0 Å². The van der Waals surface area contributed by atoms with Crippen LogP contribution in [0.5, 0.6) is 17.2 Å². The van der Waals surface area contributed by atoms with Gasteiger partial charge >= 0.3 is 0 Å². The summed E-state index contributed by atoms with van der Waals surface area (Å²) >= 11 is 0. The summed E-state index contributed by atoms with van der Waals surface area (Å²) in [5, 5.41) is 9.93. The van der Waals surface area contributed by atoms with Crippen LogP contribution in [-0.2, 0) is 10.3 Å². The summed E-state index contributed by atoms with van der Waals surface area (Å²) < 4.78 is 10.4. The molecule has 1 saturated carbocycles. The molecule has 19 heavy (non-hydrogen) atoms. The molecule has 1 N–H and O–H groups in total. The van der Waals surface area contributed by atoms with Crippen LogP contribution in [-0.4, -0.2) is 25.4 Å². The first-order valence-electron chi connectivity index (χ1n) is 6.21. The van der Waals surface area contributed by atoms with Gasteiger partial charge in [-0.25, -0.2) is 4.79 Å². The maximum Gasteiger partial charge on any atom is 0.235 e. The first-order valence-corrected chi connectivity index (χ1v) is 6.21. The third-order valence-corrected chi connectivity index (χ3v) is 3.69. The minimum atomic E-state index is -0.628. The second-order valence-electron chi connectivity index (χ2n) is 4.67. The average molecular weight is 263 g/mol. The largest absolute Gasteiger partial charge is 0.504 e. The molecule has 1 aliphatic carbocycles. The molecule has 2 rings (SSSR count). The molecule has 0 aliphatic heterocycles. The molecule has 5 heteroatoms. The van der Waals surface area contributed by atoms with Crippen LogP contribution in [0.25, 0.3) is 0 Å². The van der Waals surface area contributed by atoms with E-state index >= 15 is 0 Å². The molecule has 0 heterocycles. The van der Waals surface area contributed by atoms with Crippen LogP contribution in [0.2, 0.25) is 0 Å². The Morgan fingerprint density at radius 2 is 1.84 bits per heavy atom. The molecule has 0 radical (unpaired) electrons. The van der Waals surface area contributed by atoms with Crippen molar-refractivity contribution in [1.29, 1.82) is 0 Å². The lowest BCUT2D eigenvalue weighted by Gasteiger charge is -2.25. The highest BCUT2D eigenvalue weighted by Gasteiger charge is 2.38. The second kappa shape index (κ2) is 5.33. The van der Waals surface area contributed by atoms with Crippen LogP contribution in [0, 0.1) is 0 Å². The van der Waals surface area contributed by atoms with Gasteiger partial charge in [0.05, 0.1) is 14.2 Å². The molecular weight excluding hydrogens is 246 g/mol. The highest BCUT2D eigenvalue weighted by Crippen LogP contribution is 2.48. The Morgan fingerprint density at radius 3 is 2.37 bits per heavy atom. The molecule has 0 saturated heterocycles. The fourth-order valence-corrected chi connectivity index (χ4v) is 2.73. The summed E-state index contributed by atoms with van der Waals surface area (Å²) in [6, 6.07) is 3.19. The molecule has 1 aromatic carbocycles. The maximum absolute atomic E-state index is 10.7. The van der Waals surface area contributed by atoms with E-state index < -0.39 is 5.54 Å². The van der Waals surface area contributed by atoms with E-state index in [1.807, 2.05) is 0 Å². The zero-order valence-corrected chi connectivity index (χ0v) is 11.1. The topological polar surface area (TPSA) is 68.1 Å². The first-order chi connectivity index (χ1) is 9.16. The normalized spacial score (nSPS) is 16.7. The molecule has 1 aromatic rings. The number of isocyanates is 1. The second-order valence-corrected chi connectivity index (χ2v) is 4.67. The predicted octanol–water partition coefficient (Wildman–Crippen LogP) is 2.51. The number of methoxy groups -OCH3 is 2. The number of hydrogen-bond donors (Lipinski definition) is 1. The van der Waals surface area contributed by atoms with Gasteiger partial charge in [-0.1, -0.05) is 12.8 Å². The molecule has 102 valence electrons. The monoisotopic (exact) mass is 263 g/mol. The van der Waals surface area contributed by atoms with Crippen LogP contribution < -0.4 is 9.47 Å². The average Bonchev–Trinajstić information content (AvgIpc) is 2.88. The number of ether oxygens (including phenoxy) is 2. The number of aliphatic imine (C=N–C) groups is 1. The minimum absolute atomic E-state index is 0.0191. The summed E-state index contributed by atoms with van der Waals surface area (Å²) in [5.74, 6) is 0.921. The van der Waals surface area contributed by atoms with E-state index in [0.29, 0.717) is 17.1 Å². The number of benzene rings is 1. The minimum Gasteiger partial charge on any atom is -0.504 e. The van der Waals surface area contributed by atoms with E-state index in [-0.39, 0.29) is 5.75 Å². The van der Waals surface area contributed by atoms with Crippen LogP contribution >= 0.6 is 0 Å². The Bertz CT molecular complexity index is 514. The number of hydrogen-bond acceptors (Lipinski definition) is 5. The molecule has 0 bridgehead atoms. The van der Waals surface area contributed by atoms with Crippen molar-refractivity contribution in [3.63, 3.8) is 0 Å². The van der Waals surface area contributed by atoms with E-state index in [4.69, 9.17) is 9.47 Å². The van der Waals surface area contributed by atoms with Crippen molar-refractivity contribution in [3.8, 4) is 17.2 Å². The van der Waals surface area contributed by atoms with Crippen molar-refractivity contribution in [1.82, 2.24) is 0 Å². The molecule has 1 aliphatic rings. The molecule has 0 amide bonds. The van der Waals surface area contributed by atoms with E-state index in [2.05, 4.69) is 4.99 Å². The highest BCUT2D eigenvalue weighted by molar-refractivity contribution is 5.54. The number of phenolic OH excluding ortho intramolecular Hbond substituents is 1. The van der Waals surface area contributed by atoms with Crippen molar-refractivity contribution in [2.75, 3.05) is 14.2 Å². The van der Waals surface area contributed by atoms with E-state index in [1.165, 1.54) is 7.11 Å². The van der Waals surface area contributed by atoms with Gasteiger partial charge in [0.1, 0.15) is 11.3 Å². The van der Waals surface area contributed by atoms with Crippen molar-refractivity contribution >= 4 is 6.08 Å². The van der Waals surface area contributed by atoms with E-state index in [1.54, 1.807) is 25.3 Å². The smallest absolute Gasteiger partial charge is 0.235 e. The predicted molar refractivity (Wildman–Crippen MR) is 69.5 cm³/mol. The number of aromatic hydroxyl groups is 1. The molecule has 0 spiro atoms. The third-order valence-electron chi connectivity index (χ3n) is 3.69. The summed E-state index contributed by atoms with van der Waals surface area (Å²) in [6.45, 7) is 0. The maximum atomic E-state index is 10.7. The van der Waals surface area contributed by atoms with Crippen molar-refractivity contribution in [2.45, 2.75) is 31.2 Å². The number of rotatable bonds is 4. The van der Waals surface area contributed by atoms with Crippen LogP contribution in [0.15, 0.2) is 17.1 Å². The summed E-state index contributed by atoms with van der Waals surface area (Å²) in [5.41, 5.74) is 0.0887. The van der Waals surface area contributed by atoms with Gasteiger partial charge in [0, 0.05) is 11.6 Å². The standard InChI is InChI=1S/C14H17NO4/c1-18-12-8-13(19-2)11(17)7-10(12)14(15-9-16)5-3-4-6-14/h7-8,17H,3-6H2,1-2H3. The van der Waals surface area contributed by atoms with Gasteiger partial charge in [0.25, 0.3) is 0 Å². The van der Waals surface area contributed by atoms with Gasteiger partial charge < -0.3 is 14.6 Å². The molecule has 0 aromatic heterocycles. The quantitative estimate of drug-likeness (QED) is 0.669. The summed E-state index contributed by atoms with van der Waals surface area (Å²) in [6.07, 6.45) is 5.14. The lowest BCUT2D eigenvalue weighted by molar-refractivity contribution is 0.350. The van der Waals surface area contributed by atoms with E-state index in [0.717, 1.165) is 25.7 Å². The number of nitrogens with zero attached hydrogens (tertiary/aromatic N) is 1. The Morgan fingerprint density at radius 1 is 1.21 bits per heavy atom. The van der Waals surface area contributed by atoms with Gasteiger partial charge in [-0.3, -0.25) is 0 Å². The van der Waals surface area contributed by atoms with Crippen molar-refractivity contribution in [2.24, 2.45) is 4.99 Å². The van der Waals surface area contributed by atoms with E-state index in [9.17, 15) is 9.90 Å². The molecule has 0 atom stereocenters. The summed E-state index contributed by atoms with van der Waals surface area (Å²) in [7, 11) is 3.02. The fraction of sp³-hybridized carbons (Fsp3) is 0.500. The zero-order valence-electron chi connectivity index (χ0n) is 11.1. The molecule has 0 unspecified atom stereocenters. The molecule has 5 nitrogen and oxygen atoms in total. The lowest BCUT2D eigenvalue weighted by atomic mass is 9.88. The van der Waals surface area contributed by atoms with Crippen molar-refractivity contribution in [3.05, 3.63) is 17.7 Å². The Labute approximate surface area is 111 Å². The SMILES string of the molecule is COc1cc(OC)c(C2(N=C=O)CCCC2)cc1O. The highest BCUT2D eigenvalue weighted by atomic mass is 16.5. The number of phenols is 1. The van der Waals surface area contributed by atoms with Gasteiger partial charge in [0.2, 0.25) is 6.08 Å². The fourth-order valence-electron chi connectivity index (χ4n) is 2.73. The van der Waals surface area contributed by atoms with Crippen LogP contribution in [0.4, 0.5) is 0 Å². The first kappa shape index (κ1) is 13.4. The third kappa shape index (κ3) is 2.29. The van der Waals surface area contributed by atoms with Gasteiger partial charge in [0.15, 0.2) is 11.5 Å². The number of carbonyl (C=O) groups excluding carboxylic acids is 1. The van der Waals surface area contributed by atoms with Crippen molar-refractivity contribution < 1.29 is 19.4 Å². The Balaban J connectivity index is 2.59. The van der Waals surface area contributed by atoms with Gasteiger partial charge in [-0.15, -0.1) is 0 Å². The summed E-state index contributed by atoms with van der Waals surface area (Å²) in [4.78, 5) is 14.7. The van der Waals surface area contributed by atoms with Crippen LogP contribution in [0.1, 0.15) is 31.2 Å². The molecular formula is C14H17NO4.